The van der Waals surface area contributed by atoms with Crippen LogP contribution in [-0.2, 0) is 13.0 Å². The van der Waals surface area contributed by atoms with Gasteiger partial charge in [-0.1, -0.05) is 66.3 Å². The van der Waals surface area contributed by atoms with Gasteiger partial charge in [0.15, 0.2) is 0 Å². The van der Waals surface area contributed by atoms with E-state index < -0.39 is 0 Å². The van der Waals surface area contributed by atoms with E-state index in [0.29, 0.717) is 22.2 Å². The first-order chi connectivity index (χ1) is 13.1. The van der Waals surface area contributed by atoms with Crippen molar-refractivity contribution in [1.82, 2.24) is 14.6 Å². The second kappa shape index (κ2) is 7.50. The van der Waals surface area contributed by atoms with E-state index in [1.807, 2.05) is 55.5 Å². The molecule has 7 heteroatoms. The average molecular weight is 397 g/mol. The standard InChI is InChI=1S/C20H17ClN4OS/c1-2-18-24-25-19(26)11-15(23-20(25)27-18)12-22-17-9-8-14(10-16(17)21)13-6-4-3-5-7-13/h3-11,22H,2,12H2,1H3. The molecule has 0 fully saturated rings. The van der Waals surface area contributed by atoms with E-state index in [1.54, 1.807) is 0 Å². The number of nitrogens with zero attached hydrogens (tertiary/aromatic N) is 3. The SMILES string of the molecule is CCc1nn2c(=O)cc(CNc3ccc(-c4ccccc4)cc3Cl)nc2s1. The molecule has 0 bridgehead atoms. The zero-order valence-electron chi connectivity index (χ0n) is 14.6. The first-order valence-corrected chi connectivity index (χ1v) is 9.81. The second-order valence-electron chi connectivity index (χ2n) is 6.04. The molecule has 0 aliphatic carbocycles. The van der Waals surface area contributed by atoms with Gasteiger partial charge in [0.1, 0.15) is 5.01 Å². The second-order valence-corrected chi connectivity index (χ2v) is 7.49. The summed E-state index contributed by atoms with van der Waals surface area (Å²) < 4.78 is 1.36. The maximum atomic E-state index is 12.2. The Bertz CT molecular complexity index is 1150. The maximum Gasteiger partial charge on any atom is 0.275 e. The highest BCUT2D eigenvalue weighted by Crippen LogP contribution is 2.29. The van der Waals surface area contributed by atoms with Gasteiger partial charge in [-0.15, -0.1) is 0 Å². The average Bonchev–Trinajstić information content (AvgIpc) is 3.12. The van der Waals surface area contributed by atoms with Gasteiger partial charge in [-0.3, -0.25) is 4.79 Å². The van der Waals surface area contributed by atoms with E-state index in [-0.39, 0.29) is 5.56 Å². The molecule has 1 N–H and O–H groups in total. The van der Waals surface area contributed by atoms with Crippen LogP contribution < -0.4 is 10.9 Å². The van der Waals surface area contributed by atoms with Crippen molar-refractivity contribution in [2.24, 2.45) is 0 Å². The summed E-state index contributed by atoms with van der Waals surface area (Å²) in [6, 6.07) is 17.5. The van der Waals surface area contributed by atoms with Crippen molar-refractivity contribution in [3.05, 3.63) is 80.7 Å². The molecule has 0 amide bonds. The molecule has 2 heterocycles. The van der Waals surface area contributed by atoms with Gasteiger partial charge in [0.25, 0.3) is 5.56 Å². The highest BCUT2D eigenvalue weighted by Gasteiger charge is 2.09. The van der Waals surface area contributed by atoms with Crippen LogP contribution in [0.5, 0.6) is 0 Å². The third-order valence-electron chi connectivity index (χ3n) is 4.18. The molecule has 2 aromatic heterocycles. The molecular formula is C20H17ClN4OS. The summed E-state index contributed by atoms with van der Waals surface area (Å²) in [6.07, 6.45) is 0.782. The Labute approximate surface area is 165 Å². The number of fused-ring (bicyclic) bond motifs is 1. The number of halogens is 1. The lowest BCUT2D eigenvalue weighted by molar-refractivity contribution is 0.846. The van der Waals surface area contributed by atoms with E-state index in [1.165, 1.54) is 21.9 Å². The summed E-state index contributed by atoms with van der Waals surface area (Å²) in [5, 5.41) is 9.04. The van der Waals surface area contributed by atoms with Crippen LogP contribution in [0.2, 0.25) is 5.02 Å². The lowest BCUT2D eigenvalue weighted by atomic mass is 10.1. The van der Waals surface area contributed by atoms with Gasteiger partial charge in [0, 0.05) is 6.07 Å². The highest BCUT2D eigenvalue weighted by atomic mass is 35.5. The fraction of sp³-hybridized carbons (Fsp3) is 0.150. The Hall–Kier alpha value is -2.70. The van der Waals surface area contributed by atoms with Gasteiger partial charge in [0.05, 0.1) is 22.9 Å². The minimum absolute atomic E-state index is 0.168. The van der Waals surface area contributed by atoms with Crippen LogP contribution in [0.25, 0.3) is 16.1 Å². The predicted octanol–water partition coefficient (Wildman–Crippen LogP) is 4.65. The first kappa shape index (κ1) is 17.7. The monoisotopic (exact) mass is 396 g/mol. The van der Waals surface area contributed by atoms with Crippen LogP contribution in [0.3, 0.4) is 0 Å². The molecule has 136 valence electrons. The number of aromatic nitrogens is 3. The third-order valence-corrected chi connectivity index (χ3v) is 5.54. The van der Waals surface area contributed by atoms with Crippen molar-refractivity contribution in [1.29, 1.82) is 0 Å². The van der Waals surface area contributed by atoms with Gasteiger partial charge < -0.3 is 5.32 Å². The normalized spacial score (nSPS) is 11.0. The van der Waals surface area contributed by atoms with Gasteiger partial charge >= 0.3 is 0 Å². The molecular weight excluding hydrogens is 380 g/mol. The summed E-state index contributed by atoms with van der Waals surface area (Å²) in [7, 11) is 0. The smallest absolute Gasteiger partial charge is 0.275 e. The lowest BCUT2D eigenvalue weighted by Crippen LogP contribution is -2.16. The molecule has 4 aromatic rings. The highest BCUT2D eigenvalue weighted by molar-refractivity contribution is 7.16. The van der Waals surface area contributed by atoms with Crippen LogP contribution >= 0.6 is 22.9 Å². The summed E-state index contributed by atoms with van der Waals surface area (Å²) in [6.45, 7) is 2.42. The number of nitrogens with one attached hydrogen (secondary N) is 1. The molecule has 4 rings (SSSR count). The number of anilines is 1. The topological polar surface area (TPSA) is 59.3 Å². The molecule has 0 unspecified atom stereocenters. The number of benzene rings is 2. The first-order valence-electron chi connectivity index (χ1n) is 8.61. The molecule has 2 aromatic carbocycles. The third kappa shape index (κ3) is 3.72. The quantitative estimate of drug-likeness (QED) is 0.533. The molecule has 0 saturated carbocycles. The van der Waals surface area contributed by atoms with Crippen LogP contribution in [-0.4, -0.2) is 14.6 Å². The van der Waals surface area contributed by atoms with Crippen LogP contribution in [0.1, 0.15) is 17.6 Å². The van der Waals surface area contributed by atoms with Crippen LogP contribution in [0.15, 0.2) is 59.4 Å². The van der Waals surface area contributed by atoms with Crippen molar-refractivity contribution in [2.45, 2.75) is 19.9 Å². The van der Waals surface area contributed by atoms with E-state index in [0.717, 1.165) is 28.2 Å². The minimum Gasteiger partial charge on any atom is -0.378 e. The van der Waals surface area contributed by atoms with Crippen molar-refractivity contribution >= 4 is 33.6 Å². The Balaban J connectivity index is 1.55. The van der Waals surface area contributed by atoms with Crippen molar-refractivity contribution in [2.75, 3.05) is 5.32 Å². The van der Waals surface area contributed by atoms with Crippen molar-refractivity contribution in [3.8, 4) is 11.1 Å². The zero-order valence-corrected chi connectivity index (χ0v) is 16.2. The fourth-order valence-electron chi connectivity index (χ4n) is 2.78. The molecule has 27 heavy (non-hydrogen) atoms. The Morgan fingerprint density at radius 3 is 2.67 bits per heavy atom. The fourth-order valence-corrected chi connectivity index (χ4v) is 3.89. The van der Waals surface area contributed by atoms with Gasteiger partial charge in [-0.2, -0.15) is 9.61 Å². The van der Waals surface area contributed by atoms with E-state index >= 15 is 0 Å². The molecule has 5 nitrogen and oxygen atoms in total. The summed E-state index contributed by atoms with van der Waals surface area (Å²) in [5.74, 6) is 0. The number of rotatable bonds is 5. The van der Waals surface area contributed by atoms with Gasteiger partial charge in [0.2, 0.25) is 4.96 Å². The Morgan fingerprint density at radius 2 is 1.93 bits per heavy atom. The van der Waals surface area contributed by atoms with E-state index in [4.69, 9.17) is 11.6 Å². The minimum atomic E-state index is -0.168. The maximum absolute atomic E-state index is 12.2. The van der Waals surface area contributed by atoms with Gasteiger partial charge in [-0.25, -0.2) is 4.98 Å². The Morgan fingerprint density at radius 1 is 1.11 bits per heavy atom. The number of aryl methyl sites for hydroxylation is 1. The van der Waals surface area contributed by atoms with E-state index in [2.05, 4.69) is 15.4 Å². The molecule has 0 spiro atoms. The summed E-state index contributed by atoms with van der Waals surface area (Å²) in [4.78, 5) is 17.4. The van der Waals surface area contributed by atoms with Crippen molar-refractivity contribution < 1.29 is 0 Å². The molecule has 0 radical (unpaired) electrons. The molecule has 0 atom stereocenters. The van der Waals surface area contributed by atoms with Crippen molar-refractivity contribution in [3.63, 3.8) is 0 Å². The van der Waals surface area contributed by atoms with Crippen LogP contribution in [0, 0.1) is 0 Å². The summed E-state index contributed by atoms with van der Waals surface area (Å²) >= 11 is 7.87. The van der Waals surface area contributed by atoms with E-state index in [9.17, 15) is 4.79 Å². The zero-order chi connectivity index (χ0) is 18.8. The largest absolute Gasteiger partial charge is 0.378 e. The Kier molecular flexibility index (Phi) is 4.92. The molecule has 0 aliphatic rings. The van der Waals surface area contributed by atoms with Gasteiger partial charge in [-0.05, 0) is 29.7 Å². The number of hydrogen-bond donors (Lipinski definition) is 1. The lowest BCUT2D eigenvalue weighted by Gasteiger charge is -2.10. The summed E-state index contributed by atoms with van der Waals surface area (Å²) in [5.41, 5.74) is 3.47. The number of hydrogen-bond acceptors (Lipinski definition) is 5. The predicted molar refractivity (Wildman–Crippen MR) is 111 cm³/mol. The molecule has 0 saturated heterocycles. The van der Waals surface area contributed by atoms with Crippen LogP contribution in [0.4, 0.5) is 5.69 Å². The molecule has 0 aliphatic heterocycles.